The first kappa shape index (κ1) is 16.5. The molecule has 0 aliphatic heterocycles. The molecule has 0 unspecified atom stereocenters. The van der Waals surface area contributed by atoms with E-state index in [0.29, 0.717) is 5.95 Å². The van der Waals surface area contributed by atoms with Crippen LogP contribution in [0.4, 0.5) is 5.95 Å². The Morgan fingerprint density at radius 1 is 1.12 bits per heavy atom. The number of hydrogen-bond donors (Lipinski definition) is 1. The van der Waals surface area contributed by atoms with Crippen molar-refractivity contribution < 1.29 is 4.79 Å². The Bertz CT molecular complexity index is 1080. The van der Waals surface area contributed by atoms with E-state index in [1.807, 2.05) is 53.1 Å². The molecule has 0 saturated carbocycles. The van der Waals surface area contributed by atoms with Gasteiger partial charge in [-0.15, -0.1) is 11.3 Å². The first-order chi connectivity index (χ1) is 12.7. The fourth-order valence-electron chi connectivity index (χ4n) is 2.88. The number of fused-ring (bicyclic) bond motifs is 2. The lowest BCUT2D eigenvalue weighted by Crippen LogP contribution is -2.13. The summed E-state index contributed by atoms with van der Waals surface area (Å²) in [6.07, 6.45) is 4.21. The van der Waals surface area contributed by atoms with Gasteiger partial charge in [0.1, 0.15) is 5.01 Å². The molecule has 0 aliphatic carbocycles. The Kier molecular flexibility index (Phi) is 4.50. The first-order valence-corrected chi connectivity index (χ1v) is 9.36. The summed E-state index contributed by atoms with van der Waals surface area (Å²) < 4.78 is 3.15. The van der Waals surface area contributed by atoms with E-state index in [1.165, 1.54) is 6.08 Å². The molecular weight excluding hydrogens is 344 g/mol. The first-order valence-electron chi connectivity index (χ1n) is 8.54. The number of benzene rings is 2. The summed E-state index contributed by atoms with van der Waals surface area (Å²) in [7, 11) is 0. The van der Waals surface area contributed by atoms with Crippen LogP contribution in [0.15, 0.2) is 54.6 Å². The van der Waals surface area contributed by atoms with Crippen molar-refractivity contribution in [1.29, 1.82) is 0 Å². The molecule has 1 amide bonds. The number of para-hydroxylation sites is 3. The summed E-state index contributed by atoms with van der Waals surface area (Å²) in [4.78, 5) is 21.4. The van der Waals surface area contributed by atoms with Crippen molar-refractivity contribution in [2.24, 2.45) is 0 Å². The summed E-state index contributed by atoms with van der Waals surface area (Å²) in [5, 5.41) is 3.70. The van der Waals surface area contributed by atoms with Gasteiger partial charge in [0.2, 0.25) is 5.95 Å². The summed E-state index contributed by atoms with van der Waals surface area (Å²) in [5.74, 6) is 0.365. The molecule has 2 aromatic heterocycles. The molecule has 0 saturated heterocycles. The lowest BCUT2D eigenvalue weighted by atomic mass is 10.3. The van der Waals surface area contributed by atoms with E-state index in [2.05, 4.69) is 22.2 Å². The molecule has 5 nitrogen and oxygen atoms in total. The van der Waals surface area contributed by atoms with E-state index in [4.69, 9.17) is 0 Å². The minimum absolute atomic E-state index is 0.211. The lowest BCUT2D eigenvalue weighted by molar-refractivity contribution is -0.111. The minimum Gasteiger partial charge on any atom is -0.310 e. The number of aromatic nitrogens is 3. The highest BCUT2D eigenvalue weighted by molar-refractivity contribution is 7.19. The van der Waals surface area contributed by atoms with E-state index < -0.39 is 0 Å². The van der Waals surface area contributed by atoms with E-state index in [0.717, 1.165) is 39.2 Å². The Hall–Kier alpha value is -2.99. The van der Waals surface area contributed by atoms with Gasteiger partial charge in [0.25, 0.3) is 5.91 Å². The predicted octanol–water partition coefficient (Wildman–Crippen LogP) is 4.71. The smallest absolute Gasteiger partial charge is 0.250 e. The van der Waals surface area contributed by atoms with Gasteiger partial charge in [0, 0.05) is 12.6 Å². The zero-order valence-corrected chi connectivity index (χ0v) is 15.2. The molecule has 2 heterocycles. The van der Waals surface area contributed by atoms with Gasteiger partial charge >= 0.3 is 0 Å². The quantitative estimate of drug-likeness (QED) is 0.523. The number of rotatable bonds is 5. The average molecular weight is 362 g/mol. The number of imidazole rings is 1. The second-order valence-electron chi connectivity index (χ2n) is 5.92. The molecule has 0 atom stereocenters. The van der Waals surface area contributed by atoms with Gasteiger partial charge < -0.3 is 4.57 Å². The van der Waals surface area contributed by atoms with Crippen LogP contribution in [0, 0.1) is 0 Å². The molecule has 1 N–H and O–H groups in total. The zero-order chi connectivity index (χ0) is 17.9. The Labute approximate surface area is 155 Å². The molecule has 6 heteroatoms. The van der Waals surface area contributed by atoms with Crippen LogP contribution in [0.5, 0.6) is 0 Å². The standard InChI is InChI=1S/C20H18N4OS/c1-2-13-24-16-9-5-3-7-14(16)22-20(24)23-18(25)11-12-19-21-15-8-4-6-10-17(15)26-19/h3-12H,2,13H2,1H3,(H,22,23,25)/b12-11+. The van der Waals surface area contributed by atoms with E-state index in [1.54, 1.807) is 17.4 Å². The number of anilines is 1. The lowest BCUT2D eigenvalue weighted by Gasteiger charge is -2.07. The summed E-state index contributed by atoms with van der Waals surface area (Å²) in [6, 6.07) is 15.8. The summed E-state index contributed by atoms with van der Waals surface area (Å²) in [6.45, 7) is 2.91. The van der Waals surface area contributed by atoms with Crippen molar-refractivity contribution in [1.82, 2.24) is 14.5 Å². The van der Waals surface area contributed by atoms with Crippen molar-refractivity contribution in [2.45, 2.75) is 19.9 Å². The van der Waals surface area contributed by atoms with Crippen LogP contribution in [-0.2, 0) is 11.3 Å². The van der Waals surface area contributed by atoms with E-state index in [-0.39, 0.29) is 5.91 Å². The molecule has 2 aromatic carbocycles. The highest BCUT2D eigenvalue weighted by Gasteiger charge is 2.11. The van der Waals surface area contributed by atoms with Crippen LogP contribution < -0.4 is 5.32 Å². The Morgan fingerprint density at radius 2 is 1.88 bits per heavy atom. The number of amides is 1. The normalized spacial score (nSPS) is 11.6. The highest BCUT2D eigenvalue weighted by atomic mass is 32.1. The second-order valence-corrected chi connectivity index (χ2v) is 6.98. The largest absolute Gasteiger partial charge is 0.310 e. The number of thiazole rings is 1. The second kappa shape index (κ2) is 7.09. The third kappa shape index (κ3) is 3.23. The zero-order valence-electron chi connectivity index (χ0n) is 14.3. The topological polar surface area (TPSA) is 59.8 Å². The number of nitrogens with one attached hydrogen (secondary N) is 1. The monoisotopic (exact) mass is 362 g/mol. The van der Waals surface area contributed by atoms with Crippen LogP contribution in [0.2, 0.25) is 0 Å². The number of hydrogen-bond acceptors (Lipinski definition) is 4. The molecule has 4 rings (SSSR count). The molecule has 0 radical (unpaired) electrons. The van der Waals surface area contributed by atoms with Gasteiger partial charge in [0.15, 0.2) is 0 Å². The molecule has 4 aromatic rings. The SMILES string of the molecule is CCCn1c(NC(=O)/C=C/c2nc3ccccc3s2)nc2ccccc21. The van der Waals surface area contributed by atoms with Crippen molar-refractivity contribution in [3.63, 3.8) is 0 Å². The van der Waals surface area contributed by atoms with Crippen LogP contribution >= 0.6 is 11.3 Å². The maximum atomic E-state index is 12.4. The van der Waals surface area contributed by atoms with Crippen LogP contribution in [0.1, 0.15) is 18.4 Å². The maximum absolute atomic E-state index is 12.4. The van der Waals surface area contributed by atoms with Crippen molar-refractivity contribution >= 4 is 50.5 Å². The Morgan fingerprint density at radius 3 is 2.69 bits per heavy atom. The predicted molar refractivity (Wildman–Crippen MR) is 107 cm³/mol. The molecular formula is C20H18N4OS. The van der Waals surface area contributed by atoms with Crippen molar-refractivity contribution in [3.8, 4) is 0 Å². The highest BCUT2D eigenvalue weighted by Crippen LogP contribution is 2.23. The van der Waals surface area contributed by atoms with Gasteiger partial charge in [-0.2, -0.15) is 0 Å². The molecule has 0 spiro atoms. The number of carbonyl (C=O) groups is 1. The molecule has 130 valence electrons. The summed E-state index contributed by atoms with van der Waals surface area (Å²) in [5.41, 5.74) is 2.86. The molecule has 0 fully saturated rings. The van der Waals surface area contributed by atoms with E-state index >= 15 is 0 Å². The average Bonchev–Trinajstić information content (AvgIpc) is 3.22. The van der Waals surface area contributed by atoms with Gasteiger partial charge in [-0.05, 0) is 36.8 Å². The number of carbonyl (C=O) groups excluding carboxylic acids is 1. The minimum atomic E-state index is -0.211. The van der Waals surface area contributed by atoms with Crippen molar-refractivity contribution in [3.05, 3.63) is 59.6 Å². The van der Waals surface area contributed by atoms with Crippen LogP contribution in [0.25, 0.3) is 27.3 Å². The molecule has 26 heavy (non-hydrogen) atoms. The van der Waals surface area contributed by atoms with Gasteiger partial charge in [-0.1, -0.05) is 31.2 Å². The molecule has 0 bridgehead atoms. The number of nitrogens with zero attached hydrogens (tertiary/aromatic N) is 3. The maximum Gasteiger partial charge on any atom is 0.250 e. The van der Waals surface area contributed by atoms with E-state index in [9.17, 15) is 4.79 Å². The molecule has 0 aliphatic rings. The Balaban J connectivity index is 1.56. The third-order valence-electron chi connectivity index (χ3n) is 4.02. The fraction of sp³-hybridized carbons (Fsp3) is 0.150. The van der Waals surface area contributed by atoms with Crippen LogP contribution in [-0.4, -0.2) is 20.4 Å². The number of aryl methyl sites for hydroxylation is 1. The van der Waals surface area contributed by atoms with Gasteiger partial charge in [-0.3, -0.25) is 10.1 Å². The van der Waals surface area contributed by atoms with Gasteiger partial charge in [0.05, 0.1) is 21.3 Å². The van der Waals surface area contributed by atoms with Crippen LogP contribution in [0.3, 0.4) is 0 Å². The van der Waals surface area contributed by atoms with Gasteiger partial charge in [-0.25, -0.2) is 9.97 Å². The van der Waals surface area contributed by atoms with Crippen molar-refractivity contribution in [2.75, 3.05) is 5.32 Å². The fourth-order valence-corrected chi connectivity index (χ4v) is 3.75. The summed E-state index contributed by atoms with van der Waals surface area (Å²) >= 11 is 1.56. The third-order valence-corrected chi connectivity index (χ3v) is 5.03.